The first-order valence-electron chi connectivity index (χ1n) is 6.25. The predicted octanol–water partition coefficient (Wildman–Crippen LogP) is 0.561. The first-order valence-corrected chi connectivity index (χ1v) is 6.25. The third-order valence-electron chi connectivity index (χ3n) is 3.04. The molecule has 0 bridgehead atoms. The number of ether oxygens (including phenoxy) is 1. The number of hydrogen-bond acceptors (Lipinski definition) is 4. The summed E-state index contributed by atoms with van der Waals surface area (Å²) in [7, 11) is 1.70. The first-order chi connectivity index (χ1) is 7.69. The number of aliphatic hydroxyl groups excluding tert-OH is 1. The number of likely N-dealkylation sites (N-methyl/N-ethyl adjacent to an activating group) is 1. The lowest BCUT2D eigenvalue weighted by Gasteiger charge is -2.25. The van der Waals surface area contributed by atoms with Crippen LogP contribution in [0.15, 0.2) is 0 Å². The molecule has 2 atom stereocenters. The molecule has 0 aliphatic carbocycles. The van der Waals surface area contributed by atoms with Crippen molar-refractivity contribution in [2.24, 2.45) is 5.92 Å². The van der Waals surface area contributed by atoms with Gasteiger partial charge in [0.1, 0.15) is 0 Å². The molecule has 0 aliphatic heterocycles. The highest BCUT2D eigenvalue weighted by Gasteiger charge is 2.15. The minimum absolute atomic E-state index is 0.135. The number of nitrogens with zero attached hydrogens (tertiary/aromatic N) is 1. The molecule has 2 unspecified atom stereocenters. The molecule has 0 aliphatic rings. The third-order valence-corrected chi connectivity index (χ3v) is 3.04. The summed E-state index contributed by atoms with van der Waals surface area (Å²) in [5, 5.41) is 12.7. The van der Waals surface area contributed by atoms with E-state index < -0.39 is 0 Å². The summed E-state index contributed by atoms with van der Waals surface area (Å²) >= 11 is 0. The maximum atomic E-state index is 9.27. The molecule has 0 fully saturated rings. The number of aliphatic hydroxyl groups is 1. The smallest absolute Gasteiger partial charge is 0.0588 e. The van der Waals surface area contributed by atoms with Crippen molar-refractivity contribution < 1.29 is 9.84 Å². The van der Waals surface area contributed by atoms with Gasteiger partial charge in [-0.2, -0.15) is 0 Å². The van der Waals surface area contributed by atoms with Crippen LogP contribution in [0.25, 0.3) is 0 Å². The molecule has 0 amide bonds. The molecule has 0 aromatic rings. The topological polar surface area (TPSA) is 44.7 Å². The van der Waals surface area contributed by atoms with Gasteiger partial charge < -0.3 is 20.1 Å². The fourth-order valence-electron chi connectivity index (χ4n) is 1.77. The largest absolute Gasteiger partial charge is 0.395 e. The normalized spacial score (nSPS) is 15.4. The van der Waals surface area contributed by atoms with Crippen LogP contribution in [-0.2, 0) is 4.74 Å². The molecular weight excluding hydrogens is 204 g/mol. The molecule has 98 valence electrons. The molecule has 0 saturated heterocycles. The van der Waals surface area contributed by atoms with Crippen LogP contribution in [0.5, 0.6) is 0 Å². The summed E-state index contributed by atoms with van der Waals surface area (Å²) < 4.78 is 5.09. The van der Waals surface area contributed by atoms with Gasteiger partial charge in [-0.25, -0.2) is 0 Å². The lowest BCUT2D eigenvalue weighted by Crippen LogP contribution is -2.43. The number of rotatable bonds is 10. The van der Waals surface area contributed by atoms with Gasteiger partial charge in [-0.3, -0.25) is 0 Å². The van der Waals surface area contributed by atoms with Crippen molar-refractivity contribution in [2.75, 3.05) is 46.5 Å². The Kier molecular flexibility index (Phi) is 9.92. The molecule has 0 saturated carbocycles. The van der Waals surface area contributed by atoms with E-state index in [-0.39, 0.29) is 12.6 Å². The molecule has 0 spiro atoms. The predicted molar refractivity (Wildman–Crippen MR) is 67.7 cm³/mol. The summed E-state index contributed by atoms with van der Waals surface area (Å²) in [5.74, 6) is 0.340. The van der Waals surface area contributed by atoms with E-state index >= 15 is 0 Å². The van der Waals surface area contributed by atoms with Gasteiger partial charge >= 0.3 is 0 Å². The van der Waals surface area contributed by atoms with Gasteiger partial charge in [0.25, 0.3) is 0 Å². The Morgan fingerprint density at radius 1 is 1.31 bits per heavy atom. The van der Waals surface area contributed by atoms with E-state index in [2.05, 4.69) is 31.0 Å². The van der Waals surface area contributed by atoms with Crippen LogP contribution in [0.2, 0.25) is 0 Å². The summed E-state index contributed by atoms with van der Waals surface area (Å²) in [6, 6.07) is 0.135. The Morgan fingerprint density at radius 2 is 1.94 bits per heavy atom. The SMILES string of the molecule is CCN(CC)CCNC(CO)C(C)COC. The van der Waals surface area contributed by atoms with Crippen LogP contribution in [-0.4, -0.2) is 62.6 Å². The monoisotopic (exact) mass is 232 g/mol. The second-order valence-corrected chi connectivity index (χ2v) is 4.20. The van der Waals surface area contributed by atoms with Crippen LogP contribution in [0.3, 0.4) is 0 Å². The highest BCUT2D eigenvalue weighted by Crippen LogP contribution is 2.02. The van der Waals surface area contributed by atoms with E-state index in [9.17, 15) is 5.11 Å². The Bertz CT molecular complexity index is 152. The van der Waals surface area contributed by atoms with E-state index in [1.807, 2.05) is 0 Å². The molecule has 4 nitrogen and oxygen atoms in total. The van der Waals surface area contributed by atoms with Crippen LogP contribution in [0.1, 0.15) is 20.8 Å². The van der Waals surface area contributed by atoms with Gasteiger partial charge in [-0.05, 0) is 19.0 Å². The molecule has 0 aromatic carbocycles. The van der Waals surface area contributed by atoms with Gasteiger partial charge in [0.2, 0.25) is 0 Å². The second kappa shape index (κ2) is 10.0. The summed E-state index contributed by atoms with van der Waals surface area (Å²) in [6.07, 6.45) is 0. The zero-order valence-corrected chi connectivity index (χ0v) is 11.2. The van der Waals surface area contributed by atoms with Gasteiger partial charge in [-0.1, -0.05) is 20.8 Å². The summed E-state index contributed by atoms with van der Waals surface area (Å²) in [6.45, 7) is 11.4. The van der Waals surface area contributed by atoms with Gasteiger partial charge in [0, 0.05) is 26.2 Å². The van der Waals surface area contributed by atoms with Crippen molar-refractivity contribution in [3.63, 3.8) is 0 Å². The second-order valence-electron chi connectivity index (χ2n) is 4.20. The van der Waals surface area contributed by atoms with Crippen LogP contribution in [0, 0.1) is 5.92 Å². The number of hydrogen-bond donors (Lipinski definition) is 2. The molecule has 16 heavy (non-hydrogen) atoms. The van der Waals surface area contributed by atoms with Crippen LogP contribution < -0.4 is 5.32 Å². The van der Waals surface area contributed by atoms with Crippen molar-refractivity contribution in [3.8, 4) is 0 Å². The maximum absolute atomic E-state index is 9.27. The Morgan fingerprint density at radius 3 is 2.38 bits per heavy atom. The fourth-order valence-corrected chi connectivity index (χ4v) is 1.77. The molecule has 0 radical (unpaired) electrons. The van der Waals surface area contributed by atoms with E-state index in [4.69, 9.17) is 4.74 Å². The van der Waals surface area contributed by atoms with Crippen molar-refractivity contribution in [3.05, 3.63) is 0 Å². The van der Waals surface area contributed by atoms with Gasteiger partial charge in [-0.15, -0.1) is 0 Å². The quantitative estimate of drug-likeness (QED) is 0.578. The molecule has 0 rings (SSSR count). The molecule has 0 heterocycles. The minimum Gasteiger partial charge on any atom is -0.395 e. The van der Waals surface area contributed by atoms with Crippen molar-refractivity contribution in [2.45, 2.75) is 26.8 Å². The van der Waals surface area contributed by atoms with Gasteiger partial charge in [0.15, 0.2) is 0 Å². The van der Waals surface area contributed by atoms with E-state index in [0.717, 1.165) is 26.2 Å². The average molecular weight is 232 g/mol. The Hall–Kier alpha value is -0.160. The van der Waals surface area contributed by atoms with E-state index in [0.29, 0.717) is 12.5 Å². The standard InChI is InChI=1S/C12H28N2O2/c1-5-14(6-2)8-7-13-12(9-15)11(3)10-16-4/h11-13,15H,5-10H2,1-4H3. The Balaban J connectivity index is 3.77. The highest BCUT2D eigenvalue weighted by molar-refractivity contribution is 4.72. The molecule has 4 heteroatoms. The van der Waals surface area contributed by atoms with Crippen molar-refractivity contribution in [1.29, 1.82) is 0 Å². The third kappa shape index (κ3) is 6.43. The van der Waals surface area contributed by atoms with Crippen molar-refractivity contribution >= 4 is 0 Å². The Labute approximate surface area is 100.0 Å². The molecular formula is C12H28N2O2. The van der Waals surface area contributed by atoms with Crippen LogP contribution in [0.4, 0.5) is 0 Å². The molecule has 2 N–H and O–H groups in total. The first kappa shape index (κ1) is 15.8. The average Bonchev–Trinajstić information content (AvgIpc) is 2.30. The van der Waals surface area contributed by atoms with E-state index in [1.165, 1.54) is 0 Å². The number of methoxy groups -OCH3 is 1. The van der Waals surface area contributed by atoms with Crippen LogP contribution >= 0.6 is 0 Å². The lowest BCUT2D eigenvalue weighted by atomic mass is 10.0. The zero-order chi connectivity index (χ0) is 12.4. The fraction of sp³-hybridized carbons (Fsp3) is 1.00. The maximum Gasteiger partial charge on any atom is 0.0588 e. The zero-order valence-electron chi connectivity index (χ0n) is 11.2. The van der Waals surface area contributed by atoms with E-state index in [1.54, 1.807) is 7.11 Å². The molecule has 0 aromatic heterocycles. The van der Waals surface area contributed by atoms with Crippen molar-refractivity contribution in [1.82, 2.24) is 10.2 Å². The summed E-state index contributed by atoms with van der Waals surface area (Å²) in [5.41, 5.74) is 0. The van der Waals surface area contributed by atoms with Gasteiger partial charge in [0.05, 0.1) is 13.2 Å². The minimum atomic E-state index is 0.135. The number of nitrogens with one attached hydrogen (secondary N) is 1. The summed E-state index contributed by atoms with van der Waals surface area (Å²) in [4.78, 5) is 2.36. The lowest BCUT2D eigenvalue weighted by molar-refractivity contribution is 0.113. The highest BCUT2D eigenvalue weighted by atomic mass is 16.5.